The van der Waals surface area contributed by atoms with Crippen molar-refractivity contribution in [2.75, 3.05) is 17.7 Å². The van der Waals surface area contributed by atoms with Crippen LogP contribution in [0.5, 0.6) is 23.0 Å². The Balaban J connectivity index is 1.47. The van der Waals surface area contributed by atoms with E-state index < -0.39 is 0 Å². The van der Waals surface area contributed by atoms with Crippen molar-refractivity contribution in [3.63, 3.8) is 0 Å². The van der Waals surface area contributed by atoms with Crippen molar-refractivity contribution in [2.24, 2.45) is 0 Å². The van der Waals surface area contributed by atoms with E-state index in [2.05, 4.69) is 10.6 Å². The molecular formula is C27H26N2O3. The summed E-state index contributed by atoms with van der Waals surface area (Å²) in [6, 6.07) is 30.9. The van der Waals surface area contributed by atoms with Gasteiger partial charge in [0.05, 0.1) is 7.11 Å². The lowest BCUT2D eigenvalue weighted by atomic mass is 10.1. The molecule has 0 unspecified atom stereocenters. The highest BCUT2D eigenvalue weighted by molar-refractivity contribution is 5.49. The third kappa shape index (κ3) is 5.52. The fourth-order valence-electron chi connectivity index (χ4n) is 3.37. The summed E-state index contributed by atoms with van der Waals surface area (Å²) in [5.74, 6) is 2.37. The zero-order valence-corrected chi connectivity index (χ0v) is 17.9. The molecule has 162 valence electrons. The lowest BCUT2D eigenvalue weighted by Crippen LogP contribution is -2.02. The number of phenols is 1. The normalized spacial score (nSPS) is 10.4. The van der Waals surface area contributed by atoms with Crippen LogP contribution in [0.15, 0.2) is 97.1 Å². The third-order valence-electron chi connectivity index (χ3n) is 5.05. The van der Waals surface area contributed by atoms with Crippen LogP contribution in [-0.2, 0) is 13.1 Å². The summed E-state index contributed by atoms with van der Waals surface area (Å²) in [5.41, 5.74) is 3.77. The van der Waals surface area contributed by atoms with Gasteiger partial charge in [0, 0.05) is 35.6 Å². The molecule has 0 radical (unpaired) electrons. The molecule has 3 N–H and O–H groups in total. The van der Waals surface area contributed by atoms with Crippen LogP contribution in [0, 0.1) is 0 Å². The van der Waals surface area contributed by atoms with Gasteiger partial charge in [-0.3, -0.25) is 0 Å². The van der Waals surface area contributed by atoms with Crippen molar-refractivity contribution in [2.45, 2.75) is 13.1 Å². The largest absolute Gasteiger partial charge is 0.508 e. The molecule has 0 aliphatic heterocycles. The van der Waals surface area contributed by atoms with E-state index in [1.54, 1.807) is 19.2 Å². The maximum absolute atomic E-state index is 10.2. The minimum absolute atomic E-state index is 0.225. The number of methoxy groups -OCH3 is 1. The van der Waals surface area contributed by atoms with Crippen LogP contribution in [0.25, 0.3) is 0 Å². The molecule has 0 aromatic heterocycles. The number of anilines is 2. The Kier molecular flexibility index (Phi) is 6.78. The van der Waals surface area contributed by atoms with Crippen molar-refractivity contribution in [3.05, 3.63) is 108 Å². The molecule has 0 aliphatic rings. The van der Waals surface area contributed by atoms with Gasteiger partial charge in [-0.2, -0.15) is 0 Å². The molecule has 0 saturated carbocycles. The van der Waals surface area contributed by atoms with Crippen molar-refractivity contribution >= 4 is 11.4 Å². The van der Waals surface area contributed by atoms with Gasteiger partial charge in [-0.25, -0.2) is 0 Å². The summed E-state index contributed by atoms with van der Waals surface area (Å²) in [6.07, 6.45) is 0. The van der Waals surface area contributed by atoms with Crippen molar-refractivity contribution in [1.29, 1.82) is 0 Å². The molecule has 5 nitrogen and oxygen atoms in total. The zero-order valence-electron chi connectivity index (χ0n) is 17.9. The Bertz CT molecular complexity index is 1150. The van der Waals surface area contributed by atoms with Gasteiger partial charge in [0.2, 0.25) is 0 Å². The predicted octanol–water partition coefficient (Wildman–Crippen LogP) is 6.42. The first-order valence-electron chi connectivity index (χ1n) is 10.5. The number of para-hydroxylation sites is 2. The average molecular weight is 427 g/mol. The second kappa shape index (κ2) is 10.3. The van der Waals surface area contributed by atoms with Crippen LogP contribution < -0.4 is 20.1 Å². The summed E-state index contributed by atoms with van der Waals surface area (Å²) < 4.78 is 11.6. The number of aromatic hydroxyl groups is 1. The molecule has 4 aromatic rings. The fraction of sp³-hybridized carbons (Fsp3) is 0.111. The Morgan fingerprint density at radius 2 is 1.19 bits per heavy atom. The summed E-state index contributed by atoms with van der Waals surface area (Å²) in [7, 11) is 1.66. The van der Waals surface area contributed by atoms with Gasteiger partial charge < -0.3 is 25.2 Å². The fourth-order valence-corrected chi connectivity index (χ4v) is 3.37. The molecular weight excluding hydrogens is 400 g/mol. The maximum atomic E-state index is 10.2. The van der Waals surface area contributed by atoms with Gasteiger partial charge in [0.15, 0.2) is 0 Å². The minimum atomic E-state index is 0.225. The SMILES string of the molecule is COc1ccc(Oc2ccc(O)c(CNc3ccccc3)c2)cc1CNc1ccccc1. The van der Waals surface area contributed by atoms with Gasteiger partial charge in [-0.1, -0.05) is 36.4 Å². The lowest BCUT2D eigenvalue weighted by molar-refractivity contribution is 0.408. The number of rotatable bonds is 9. The van der Waals surface area contributed by atoms with E-state index in [0.717, 1.165) is 28.3 Å². The highest BCUT2D eigenvalue weighted by atomic mass is 16.5. The molecule has 0 bridgehead atoms. The van der Waals surface area contributed by atoms with Crippen molar-refractivity contribution in [3.8, 4) is 23.0 Å². The van der Waals surface area contributed by atoms with Crippen LogP contribution in [0.4, 0.5) is 11.4 Å². The summed E-state index contributed by atoms with van der Waals surface area (Å²) in [5, 5.41) is 17.0. The van der Waals surface area contributed by atoms with Crippen LogP contribution in [0.2, 0.25) is 0 Å². The molecule has 0 saturated heterocycles. The van der Waals surface area contributed by atoms with Gasteiger partial charge >= 0.3 is 0 Å². The van der Waals surface area contributed by atoms with Gasteiger partial charge in [0.1, 0.15) is 23.0 Å². The molecule has 0 heterocycles. The van der Waals surface area contributed by atoms with Gasteiger partial charge in [-0.05, 0) is 60.7 Å². The van der Waals surface area contributed by atoms with E-state index in [-0.39, 0.29) is 5.75 Å². The highest BCUT2D eigenvalue weighted by Crippen LogP contribution is 2.31. The zero-order chi connectivity index (χ0) is 22.2. The second-order valence-corrected chi connectivity index (χ2v) is 7.31. The quantitative estimate of drug-likeness (QED) is 0.288. The maximum Gasteiger partial charge on any atom is 0.128 e. The molecule has 5 heteroatoms. The molecule has 0 aliphatic carbocycles. The molecule has 0 amide bonds. The number of benzene rings is 4. The third-order valence-corrected chi connectivity index (χ3v) is 5.05. The average Bonchev–Trinajstić information content (AvgIpc) is 2.84. The van der Waals surface area contributed by atoms with Crippen LogP contribution >= 0.6 is 0 Å². The molecule has 4 rings (SSSR count). The van der Waals surface area contributed by atoms with E-state index in [4.69, 9.17) is 9.47 Å². The predicted molar refractivity (Wildman–Crippen MR) is 129 cm³/mol. The molecule has 32 heavy (non-hydrogen) atoms. The number of phenolic OH excluding ortho intramolecular Hbond substituents is 1. The minimum Gasteiger partial charge on any atom is -0.508 e. The summed E-state index contributed by atoms with van der Waals surface area (Å²) in [6.45, 7) is 1.09. The first-order chi connectivity index (χ1) is 15.7. The first kappa shape index (κ1) is 21.1. The van der Waals surface area contributed by atoms with Crippen molar-refractivity contribution in [1.82, 2.24) is 0 Å². The number of hydrogen-bond donors (Lipinski definition) is 3. The summed E-state index contributed by atoms with van der Waals surface area (Å²) in [4.78, 5) is 0. The van der Waals surface area contributed by atoms with E-state index in [1.165, 1.54) is 0 Å². The number of ether oxygens (including phenoxy) is 2. The van der Waals surface area contributed by atoms with E-state index in [9.17, 15) is 5.11 Å². The molecule has 0 atom stereocenters. The van der Waals surface area contributed by atoms with Crippen LogP contribution in [-0.4, -0.2) is 12.2 Å². The van der Waals surface area contributed by atoms with E-state index in [0.29, 0.717) is 24.6 Å². The first-order valence-corrected chi connectivity index (χ1v) is 10.5. The molecule has 0 spiro atoms. The summed E-state index contributed by atoms with van der Waals surface area (Å²) >= 11 is 0. The van der Waals surface area contributed by atoms with E-state index >= 15 is 0 Å². The second-order valence-electron chi connectivity index (χ2n) is 7.31. The van der Waals surface area contributed by atoms with Crippen LogP contribution in [0.3, 0.4) is 0 Å². The van der Waals surface area contributed by atoms with Crippen LogP contribution in [0.1, 0.15) is 11.1 Å². The molecule has 0 fully saturated rings. The Morgan fingerprint density at radius 1 is 0.656 bits per heavy atom. The van der Waals surface area contributed by atoms with Gasteiger partial charge in [0.25, 0.3) is 0 Å². The Labute approximate surface area is 188 Å². The Morgan fingerprint density at radius 3 is 1.78 bits per heavy atom. The number of hydrogen-bond acceptors (Lipinski definition) is 5. The Hall–Kier alpha value is -4.12. The lowest BCUT2D eigenvalue weighted by Gasteiger charge is -2.14. The topological polar surface area (TPSA) is 62.8 Å². The monoisotopic (exact) mass is 426 g/mol. The number of nitrogens with one attached hydrogen (secondary N) is 2. The van der Waals surface area contributed by atoms with Crippen molar-refractivity contribution < 1.29 is 14.6 Å². The standard InChI is InChI=1S/C27H26N2O3/c1-31-27-15-13-25(17-21(27)19-29-23-10-6-3-7-11-23)32-24-12-14-26(30)20(16-24)18-28-22-8-4-2-5-9-22/h2-17,28-30H,18-19H2,1H3. The smallest absolute Gasteiger partial charge is 0.128 e. The highest BCUT2D eigenvalue weighted by Gasteiger charge is 2.09. The van der Waals surface area contributed by atoms with E-state index in [1.807, 2.05) is 84.9 Å². The van der Waals surface area contributed by atoms with Gasteiger partial charge in [-0.15, -0.1) is 0 Å². The molecule has 4 aromatic carbocycles.